The van der Waals surface area contributed by atoms with Crippen molar-refractivity contribution < 1.29 is 14.6 Å². The van der Waals surface area contributed by atoms with Crippen molar-refractivity contribution in [1.29, 1.82) is 0 Å². The van der Waals surface area contributed by atoms with Gasteiger partial charge < -0.3 is 9.84 Å². The first-order valence-electron chi connectivity index (χ1n) is 8.58. The zero-order valence-electron chi connectivity index (χ0n) is 15.5. The lowest BCUT2D eigenvalue weighted by atomic mass is 10.2. The molecule has 0 aliphatic carbocycles. The molecule has 28 heavy (non-hydrogen) atoms. The van der Waals surface area contributed by atoms with Gasteiger partial charge in [0.05, 0.1) is 6.20 Å². The summed E-state index contributed by atoms with van der Waals surface area (Å²) in [6.45, 7) is 3.31. The lowest BCUT2D eigenvalue weighted by molar-refractivity contribution is -0.139. The van der Waals surface area contributed by atoms with E-state index in [1.807, 2.05) is 37.3 Å². The Bertz CT molecular complexity index is 1130. The molecule has 2 heterocycles. The second kappa shape index (κ2) is 8.30. The van der Waals surface area contributed by atoms with Crippen LogP contribution >= 0.6 is 0 Å². The molecule has 0 radical (unpaired) electrons. The highest BCUT2D eigenvalue weighted by Crippen LogP contribution is 2.10. The molecule has 3 aromatic rings. The van der Waals surface area contributed by atoms with Crippen molar-refractivity contribution in [2.24, 2.45) is 4.99 Å². The Balaban J connectivity index is 1.82. The topological polar surface area (TPSA) is 93.3 Å². The SMILES string of the molecule is C/C(O)=C(/C=Nc1cnc2cc(C)ccn2c1=O)C(=O)OCc1ccccc1. The number of benzene rings is 1. The summed E-state index contributed by atoms with van der Waals surface area (Å²) >= 11 is 0. The number of rotatable bonds is 5. The van der Waals surface area contributed by atoms with E-state index in [0.29, 0.717) is 5.65 Å². The molecular formula is C21H19N3O4. The van der Waals surface area contributed by atoms with Crippen molar-refractivity contribution in [2.45, 2.75) is 20.5 Å². The van der Waals surface area contributed by atoms with Crippen LogP contribution in [-0.4, -0.2) is 26.7 Å². The fraction of sp³-hybridized carbons (Fsp3) is 0.143. The van der Waals surface area contributed by atoms with E-state index < -0.39 is 5.97 Å². The zero-order valence-corrected chi connectivity index (χ0v) is 15.5. The lowest BCUT2D eigenvalue weighted by Crippen LogP contribution is -2.15. The van der Waals surface area contributed by atoms with Crippen LogP contribution in [0.3, 0.4) is 0 Å². The molecule has 7 heteroatoms. The molecule has 0 bridgehead atoms. The summed E-state index contributed by atoms with van der Waals surface area (Å²) in [7, 11) is 0. The Hall–Kier alpha value is -3.74. The van der Waals surface area contributed by atoms with E-state index in [2.05, 4.69) is 9.98 Å². The number of carbonyl (C=O) groups is 1. The molecule has 0 amide bonds. The summed E-state index contributed by atoms with van der Waals surface area (Å²) in [5.74, 6) is -0.997. The van der Waals surface area contributed by atoms with Gasteiger partial charge in [-0.1, -0.05) is 30.3 Å². The van der Waals surface area contributed by atoms with Gasteiger partial charge in [-0.15, -0.1) is 0 Å². The Morgan fingerprint density at radius 1 is 1.29 bits per heavy atom. The molecule has 0 spiro atoms. The van der Waals surface area contributed by atoms with Gasteiger partial charge in [0.15, 0.2) is 0 Å². The number of nitrogens with zero attached hydrogens (tertiary/aromatic N) is 3. The first-order valence-corrected chi connectivity index (χ1v) is 8.58. The van der Waals surface area contributed by atoms with Crippen molar-refractivity contribution in [2.75, 3.05) is 0 Å². The first-order chi connectivity index (χ1) is 13.5. The normalized spacial score (nSPS) is 12.2. The molecule has 0 fully saturated rings. The molecule has 3 rings (SSSR count). The average molecular weight is 377 g/mol. The summed E-state index contributed by atoms with van der Waals surface area (Å²) < 4.78 is 6.57. The molecular weight excluding hydrogens is 358 g/mol. The van der Waals surface area contributed by atoms with Gasteiger partial charge in [-0.25, -0.2) is 14.8 Å². The predicted molar refractivity (Wildman–Crippen MR) is 106 cm³/mol. The maximum Gasteiger partial charge on any atom is 0.343 e. The standard InChI is InChI=1S/C21H19N3O4/c1-14-8-9-24-19(10-14)23-12-18(20(24)26)22-11-17(15(2)25)21(27)28-13-16-6-4-3-5-7-16/h3-12,25H,13H2,1-2H3/b17-15+,22-11?. The van der Waals surface area contributed by atoms with Crippen molar-refractivity contribution in [1.82, 2.24) is 9.38 Å². The summed E-state index contributed by atoms with van der Waals surface area (Å²) in [5.41, 5.74) is 1.81. The van der Waals surface area contributed by atoms with Crippen LogP contribution in [-0.2, 0) is 16.1 Å². The molecule has 142 valence electrons. The van der Waals surface area contributed by atoms with Crippen molar-refractivity contribution >= 4 is 23.5 Å². The Kier molecular flexibility index (Phi) is 5.64. The molecule has 2 aromatic heterocycles. The van der Waals surface area contributed by atoms with E-state index in [-0.39, 0.29) is 29.2 Å². The van der Waals surface area contributed by atoms with E-state index in [1.165, 1.54) is 17.5 Å². The van der Waals surface area contributed by atoms with Crippen molar-refractivity contribution in [3.05, 3.63) is 87.7 Å². The monoisotopic (exact) mass is 377 g/mol. The number of aliphatic imine (C=N–C) groups is 1. The molecule has 1 N–H and O–H groups in total. The highest BCUT2D eigenvalue weighted by Gasteiger charge is 2.14. The summed E-state index contributed by atoms with van der Waals surface area (Å²) in [5, 5.41) is 9.82. The second-order valence-electron chi connectivity index (χ2n) is 6.20. The quantitative estimate of drug-likeness (QED) is 0.319. The third kappa shape index (κ3) is 4.32. The number of aliphatic hydroxyl groups is 1. The fourth-order valence-electron chi connectivity index (χ4n) is 2.48. The lowest BCUT2D eigenvalue weighted by Gasteiger charge is -2.06. The number of aliphatic hydroxyl groups excluding tert-OH is 1. The first kappa shape index (κ1) is 19.0. The molecule has 0 aliphatic heterocycles. The highest BCUT2D eigenvalue weighted by atomic mass is 16.5. The van der Waals surface area contributed by atoms with E-state index in [4.69, 9.17) is 4.74 Å². The minimum Gasteiger partial charge on any atom is -0.512 e. The van der Waals surface area contributed by atoms with Crippen molar-refractivity contribution in [3.8, 4) is 0 Å². The second-order valence-corrected chi connectivity index (χ2v) is 6.20. The number of carbonyl (C=O) groups excluding carboxylic acids is 1. The van der Waals surface area contributed by atoms with Gasteiger partial charge in [-0.05, 0) is 37.1 Å². The summed E-state index contributed by atoms with van der Waals surface area (Å²) in [4.78, 5) is 33.0. The number of esters is 1. The van der Waals surface area contributed by atoms with Crippen LogP contribution in [0.5, 0.6) is 0 Å². The Labute approximate surface area is 161 Å². The Morgan fingerprint density at radius 2 is 2.04 bits per heavy atom. The van der Waals surface area contributed by atoms with Gasteiger partial charge in [-0.2, -0.15) is 0 Å². The number of aryl methyl sites for hydroxylation is 1. The van der Waals surface area contributed by atoms with Gasteiger partial charge in [0.1, 0.15) is 29.3 Å². The number of hydrogen-bond donors (Lipinski definition) is 1. The number of aromatic nitrogens is 2. The summed E-state index contributed by atoms with van der Waals surface area (Å²) in [6, 6.07) is 12.7. The molecule has 7 nitrogen and oxygen atoms in total. The summed E-state index contributed by atoms with van der Waals surface area (Å²) in [6.07, 6.45) is 4.05. The Morgan fingerprint density at radius 3 is 2.75 bits per heavy atom. The molecule has 0 saturated heterocycles. The van der Waals surface area contributed by atoms with E-state index in [1.54, 1.807) is 18.3 Å². The van der Waals surface area contributed by atoms with Crippen LogP contribution < -0.4 is 5.56 Å². The number of pyridine rings is 1. The largest absolute Gasteiger partial charge is 0.512 e. The van der Waals surface area contributed by atoms with Gasteiger partial charge in [-0.3, -0.25) is 9.20 Å². The third-order valence-corrected chi connectivity index (χ3v) is 4.00. The minimum absolute atomic E-state index is 0.0379. The van der Waals surface area contributed by atoms with Crippen LogP contribution in [0.25, 0.3) is 5.65 Å². The number of hydrogen-bond acceptors (Lipinski definition) is 6. The number of allylic oxidation sites excluding steroid dienone is 1. The van der Waals surface area contributed by atoms with Gasteiger partial charge in [0.25, 0.3) is 5.56 Å². The smallest absolute Gasteiger partial charge is 0.343 e. The van der Waals surface area contributed by atoms with Crippen LogP contribution in [0.1, 0.15) is 18.1 Å². The molecule has 0 atom stereocenters. The van der Waals surface area contributed by atoms with E-state index in [9.17, 15) is 14.7 Å². The van der Waals surface area contributed by atoms with Gasteiger partial charge in [0.2, 0.25) is 0 Å². The van der Waals surface area contributed by atoms with Crippen LogP contribution in [0, 0.1) is 6.92 Å². The number of ether oxygens (including phenoxy) is 1. The minimum atomic E-state index is -0.739. The maximum atomic E-state index is 12.5. The highest BCUT2D eigenvalue weighted by molar-refractivity contribution is 6.10. The van der Waals surface area contributed by atoms with Gasteiger partial charge >= 0.3 is 5.97 Å². The molecule has 0 saturated carbocycles. The molecule has 0 aliphatic rings. The van der Waals surface area contributed by atoms with E-state index >= 15 is 0 Å². The van der Waals surface area contributed by atoms with Crippen LogP contribution in [0.2, 0.25) is 0 Å². The van der Waals surface area contributed by atoms with Crippen LogP contribution in [0.4, 0.5) is 5.69 Å². The third-order valence-electron chi connectivity index (χ3n) is 4.00. The van der Waals surface area contributed by atoms with Gasteiger partial charge in [0, 0.05) is 12.4 Å². The zero-order chi connectivity index (χ0) is 20.1. The van der Waals surface area contributed by atoms with E-state index in [0.717, 1.165) is 17.3 Å². The maximum absolute atomic E-state index is 12.5. The molecule has 0 unspecified atom stereocenters. The average Bonchev–Trinajstić information content (AvgIpc) is 2.68. The van der Waals surface area contributed by atoms with Crippen LogP contribution in [0.15, 0.2) is 76.0 Å². The fourth-order valence-corrected chi connectivity index (χ4v) is 2.48. The molecule has 1 aromatic carbocycles. The number of fused-ring (bicyclic) bond motifs is 1. The van der Waals surface area contributed by atoms with Crippen molar-refractivity contribution in [3.63, 3.8) is 0 Å². The predicted octanol–water partition coefficient (Wildman–Crippen LogP) is 3.28.